The van der Waals surface area contributed by atoms with Gasteiger partial charge in [-0.2, -0.15) is 0 Å². The summed E-state index contributed by atoms with van der Waals surface area (Å²) in [6, 6.07) is 9.56. The second-order valence-corrected chi connectivity index (χ2v) is 3.66. The van der Waals surface area contributed by atoms with Crippen LogP contribution in [0.25, 0.3) is 0 Å². The van der Waals surface area contributed by atoms with Crippen molar-refractivity contribution in [2.45, 2.75) is 19.4 Å². The summed E-state index contributed by atoms with van der Waals surface area (Å²) in [6.45, 7) is 7.46. The largest absolute Gasteiger partial charge is 0.464 e. The fourth-order valence-corrected chi connectivity index (χ4v) is 1.10. The van der Waals surface area contributed by atoms with Gasteiger partial charge in [-0.05, 0) is 26.3 Å². The van der Waals surface area contributed by atoms with Crippen LogP contribution < -0.4 is 0 Å². The maximum absolute atomic E-state index is 11.5. The Kier molecular flexibility index (Phi) is 4.23. The first-order valence-electron chi connectivity index (χ1n) is 5.19. The molecule has 0 fully saturated rings. The highest BCUT2D eigenvalue weighted by atomic mass is 16.5. The molecule has 1 aromatic rings. The van der Waals surface area contributed by atoms with Crippen molar-refractivity contribution in [3.8, 4) is 0 Å². The zero-order chi connectivity index (χ0) is 12.0. The maximum atomic E-state index is 11.5. The van der Waals surface area contributed by atoms with Gasteiger partial charge in [-0.25, -0.2) is 4.79 Å². The fraction of sp³-hybridized carbons (Fsp3) is 0.308. The summed E-state index contributed by atoms with van der Waals surface area (Å²) in [6.07, 6.45) is 1.63. The van der Waals surface area contributed by atoms with Crippen molar-refractivity contribution in [1.29, 1.82) is 0 Å². The van der Waals surface area contributed by atoms with E-state index in [0.717, 1.165) is 5.56 Å². The van der Waals surface area contributed by atoms with Crippen LogP contribution >= 0.6 is 0 Å². The first-order chi connectivity index (χ1) is 7.56. The van der Waals surface area contributed by atoms with Gasteiger partial charge in [-0.3, -0.25) is 4.99 Å². The normalized spacial score (nSPS) is 11.7. The molecule has 1 atom stereocenters. The molecule has 16 heavy (non-hydrogen) atoms. The lowest BCUT2D eigenvalue weighted by Gasteiger charge is -2.16. The summed E-state index contributed by atoms with van der Waals surface area (Å²) in [4.78, 5) is 15.6. The van der Waals surface area contributed by atoms with E-state index in [4.69, 9.17) is 4.74 Å². The summed E-state index contributed by atoms with van der Waals surface area (Å²) in [5.74, 6) is -0.415. The molecule has 0 spiro atoms. The Morgan fingerprint density at radius 2 is 2.12 bits per heavy atom. The van der Waals surface area contributed by atoms with E-state index in [1.54, 1.807) is 20.1 Å². The van der Waals surface area contributed by atoms with Crippen LogP contribution in [0.5, 0.6) is 0 Å². The monoisotopic (exact) mass is 218 g/mol. The van der Waals surface area contributed by atoms with Gasteiger partial charge in [-0.15, -0.1) is 0 Å². The summed E-state index contributed by atoms with van der Waals surface area (Å²) >= 11 is 0. The van der Waals surface area contributed by atoms with Crippen molar-refractivity contribution < 1.29 is 9.53 Å². The molecule has 0 bridgehead atoms. The summed E-state index contributed by atoms with van der Waals surface area (Å²) < 4.78 is 4.88. The van der Waals surface area contributed by atoms with E-state index in [1.807, 2.05) is 30.3 Å². The highest BCUT2D eigenvalue weighted by Crippen LogP contribution is 2.11. The molecule has 0 aromatic heterocycles. The van der Waals surface area contributed by atoms with Gasteiger partial charge in [-0.1, -0.05) is 30.3 Å². The molecule has 0 heterocycles. The van der Waals surface area contributed by atoms with Gasteiger partial charge < -0.3 is 4.74 Å². The lowest BCUT2D eigenvalue weighted by atomic mass is 10.1. The molecule has 0 aliphatic carbocycles. The molecule has 1 rings (SSSR count). The van der Waals surface area contributed by atoms with Gasteiger partial charge in [0.1, 0.15) is 0 Å². The van der Waals surface area contributed by atoms with Gasteiger partial charge in [0.25, 0.3) is 0 Å². The van der Waals surface area contributed by atoms with Crippen LogP contribution in [0.3, 0.4) is 0 Å². The van der Waals surface area contributed by atoms with Crippen LogP contribution in [0.2, 0.25) is 0 Å². The number of hydrogen-bond acceptors (Lipinski definition) is 3. The minimum atomic E-state index is -1.08. The van der Waals surface area contributed by atoms with Gasteiger partial charge in [0, 0.05) is 6.21 Å². The summed E-state index contributed by atoms with van der Waals surface area (Å²) in [5, 5.41) is 0. The average Bonchev–Trinajstić information content (AvgIpc) is 2.28. The predicted molar refractivity (Wildman–Crippen MR) is 64.4 cm³/mol. The fourth-order valence-electron chi connectivity index (χ4n) is 1.10. The Bertz CT molecular complexity index is 369. The third-order valence-electron chi connectivity index (χ3n) is 2.01. The van der Waals surface area contributed by atoms with Gasteiger partial charge in [0.05, 0.1) is 6.61 Å². The molecule has 0 aliphatic rings. The molecule has 0 saturated carbocycles. The van der Waals surface area contributed by atoms with Crippen LogP contribution in [0.4, 0.5) is 0 Å². The molecule has 0 N–H and O–H groups in total. The van der Waals surface area contributed by atoms with E-state index in [1.165, 1.54) is 0 Å². The van der Waals surface area contributed by atoms with Crippen molar-refractivity contribution in [2.24, 2.45) is 4.99 Å². The SMILES string of the molecule is [CH2]C(C)(N=Cc1ccccc1)C(=O)OCC. The van der Waals surface area contributed by atoms with Crippen molar-refractivity contribution in [2.75, 3.05) is 6.61 Å². The molecular weight excluding hydrogens is 202 g/mol. The Labute approximate surface area is 96.2 Å². The zero-order valence-electron chi connectivity index (χ0n) is 9.64. The van der Waals surface area contributed by atoms with Crippen LogP contribution in [0.1, 0.15) is 19.4 Å². The predicted octanol–water partition coefficient (Wildman–Crippen LogP) is 2.26. The molecule has 0 saturated heterocycles. The van der Waals surface area contributed by atoms with Gasteiger partial charge in [0.15, 0.2) is 5.54 Å². The number of esters is 1. The maximum Gasteiger partial charge on any atom is 0.333 e. The summed E-state index contributed by atoms with van der Waals surface area (Å²) in [7, 11) is 0. The number of rotatable bonds is 4. The quantitative estimate of drug-likeness (QED) is 0.574. The average molecular weight is 218 g/mol. The van der Waals surface area contributed by atoms with Crippen molar-refractivity contribution in [3.05, 3.63) is 42.8 Å². The van der Waals surface area contributed by atoms with Gasteiger partial charge in [0.2, 0.25) is 0 Å². The molecular formula is C13H16NO2. The zero-order valence-corrected chi connectivity index (χ0v) is 9.64. The van der Waals surface area contributed by atoms with Crippen molar-refractivity contribution >= 4 is 12.2 Å². The number of ether oxygens (including phenoxy) is 1. The minimum Gasteiger partial charge on any atom is -0.464 e. The second-order valence-electron chi connectivity index (χ2n) is 3.66. The lowest BCUT2D eigenvalue weighted by molar-refractivity contribution is -0.147. The standard InChI is InChI=1S/C13H16NO2/c1-4-16-12(15)13(2,3)14-10-11-8-6-5-7-9-11/h5-10H,2,4H2,1,3H3. The number of nitrogens with zero attached hydrogens (tertiary/aromatic N) is 1. The number of aliphatic imine (C=N–C) groups is 1. The first kappa shape index (κ1) is 12.4. The molecule has 0 aliphatic heterocycles. The smallest absolute Gasteiger partial charge is 0.333 e. The number of carbonyl (C=O) groups is 1. The van der Waals surface area contributed by atoms with E-state index >= 15 is 0 Å². The number of benzene rings is 1. The van der Waals surface area contributed by atoms with Crippen LogP contribution in [0, 0.1) is 6.92 Å². The number of carbonyl (C=O) groups excluding carboxylic acids is 1. The van der Waals surface area contributed by atoms with E-state index in [2.05, 4.69) is 11.9 Å². The van der Waals surface area contributed by atoms with Crippen LogP contribution in [-0.4, -0.2) is 24.3 Å². The molecule has 1 radical (unpaired) electrons. The van der Waals surface area contributed by atoms with E-state index in [0.29, 0.717) is 6.61 Å². The number of hydrogen-bond donors (Lipinski definition) is 0. The Balaban J connectivity index is 2.72. The first-order valence-corrected chi connectivity index (χ1v) is 5.19. The van der Waals surface area contributed by atoms with Crippen LogP contribution in [0.15, 0.2) is 35.3 Å². The van der Waals surface area contributed by atoms with E-state index in [9.17, 15) is 4.79 Å². The Morgan fingerprint density at radius 1 is 1.50 bits per heavy atom. The minimum absolute atomic E-state index is 0.338. The van der Waals surface area contributed by atoms with E-state index < -0.39 is 11.5 Å². The van der Waals surface area contributed by atoms with Crippen molar-refractivity contribution in [1.82, 2.24) is 0 Å². The topological polar surface area (TPSA) is 38.7 Å². The highest BCUT2D eigenvalue weighted by molar-refractivity contribution is 5.87. The Morgan fingerprint density at radius 3 is 2.69 bits per heavy atom. The molecule has 85 valence electrons. The third-order valence-corrected chi connectivity index (χ3v) is 2.01. The van der Waals surface area contributed by atoms with Gasteiger partial charge >= 0.3 is 5.97 Å². The van der Waals surface area contributed by atoms with E-state index in [-0.39, 0.29) is 0 Å². The molecule has 1 unspecified atom stereocenters. The Hall–Kier alpha value is -1.64. The van der Waals surface area contributed by atoms with Crippen LogP contribution in [-0.2, 0) is 9.53 Å². The van der Waals surface area contributed by atoms with Crippen molar-refractivity contribution in [3.63, 3.8) is 0 Å². The highest BCUT2D eigenvalue weighted by Gasteiger charge is 2.27. The molecule has 3 heteroatoms. The lowest BCUT2D eigenvalue weighted by Crippen LogP contribution is -2.32. The third kappa shape index (κ3) is 3.50. The second kappa shape index (κ2) is 5.45. The molecule has 1 aromatic carbocycles. The molecule has 3 nitrogen and oxygen atoms in total. The molecule has 0 amide bonds. The summed E-state index contributed by atoms with van der Waals surface area (Å²) in [5.41, 5.74) is -0.145.